The van der Waals surface area contributed by atoms with E-state index in [-0.39, 0.29) is 22.9 Å². The first-order chi connectivity index (χ1) is 13.3. The van der Waals surface area contributed by atoms with E-state index in [4.69, 9.17) is 0 Å². The van der Waals surface area contributed by atoms with Crippen LogP contribution in [-0.4, -0.2) is 39.9 Å². The number of carboxylic acid groups (broad SMARTS) is 1. The molecule has 7 heteroatoms. The lowest BCUT2D eigenvalue weighted by atomic mass is 9.94. The predicted octanol–water partition coefficient (Wildman–Crippen LogP) is 2.94. The Hall–Kier alpha value is -2.41. The van der Waals surface area contributed by atoms with E-state index in [0.717, 1.165) is 18.4 Å². The first-order valence-electron chi connectivity index (χ1n) is 9.90. The molecule has 1 aliphatic heterocycles. The van der Waals surface area contributed by atoms with Gasteiger partial charge in [-0.2, -0.15) is 0 Å². The zero-order valence-electron chi connectivity index (χ0n) is 16.1. The van der Waals surface area contributed by atoms with Crippen molar-refractivity contribution in [3.05, 3.63) is 39.4 Å². The molecule has 28 heavy (non-hydrogen) atoms. The van der Waals surface area contributed by atoms with Crippen LogP contribution >= 0.6 is 0 Å². The van der Waals surface area contributed by atoms with Gasteiger partial charge in [-0.15, -0.1) is 0 Å². The number of aliphatic hydroxyl groups is 1. The van der Waals surface area contributed by atoms with Gasteiger partial charge in [0.15, 0.2) is 0 Å². The molecule has 4 rings (SSSR count). The molecule has 2 fully saturated rings. The van der Waals surface area contributed by atoms with Gasteiger partial charge in [0.05, 0.1) is 17.3 Å². The number of carboxylic acids is 1. The number of pyridine rings is 1. The standard InChI is InChI=1S/C21H25FN2O4/c1-3-13-18-14(20(26)15(21(27)28)10-24(18)12-4-5-12)8-16(22)19(13)23-7-6-17(25)11(2)9-23/h8,10-12,17,25H,3-7,9H2,1-2H3,(H,27,28)/t11-,17+/m1/s1. The zero-order valence-corrected chi connectivity index (χ0v) is 16.1. The first kappa shape index (κ1) is 18.9. The highest BCUT2D eigenvalue weighted by molar-refractivity contribution is 5.95. The average Bonchev–Trinajstić information content (AvgIpc) is 3.48. The minimum atomic E-state index is -1.29. The third-order valence-electron chi connectivity index (χ3n) is 6.04. The van der Waals surface area contributed by atoms with Gasteiger partial charge >= 0.3 is 5.97 Å². The van der Waals surface area contributed by atoms with Crippen LogP contribution in [0.2, 0.25) is 0 Å². The molecule has 2 N–H and O–H groups in total. The summed E-state index contributed by atoms with van der Waals surface area (Å²) in [6.45, 7) is 4.95. The van der Waals surface area contributed by atoms with Crippen molar-refractivity contribution in [1.29, 1.82) is 0 Å². The van der Waals surface area contributed by atoms with Gasteiger partial charge in [-0.3, -0.25) is 4.79 Å². The molecule has 0 bridgehead atoms. The lowest BCUT2D eigenvalue weighted by molar-refractivity contribution is 0.0694. The summed E-state index contributed by atoms with van der Waals surface area (Å²) in [4.78, 5) is 26.3. The molecule has 2 heterocycles. The fourth-order valence-electron chi connectivity index (χ4n) is 4.36. The van der Waals surface area contributed by atoms with Gasteiger partial charge in [0.2, 0.25) is 5.43 Å². The summed E-state index contributed by atoms with van der Waals surface area (Å²) in [5, 5.41) is 19.6. The maximum atomic E-state index is 15.2. The third kappa shape index (κ3) is 2.98. The second kappa shape index (κ2) is 6.88. The topological polar surface area (TPSA) is 82.8 Å². The van der Waals surface area contributed by atoms with Gasteiger partial charge in [-0.1, -0.05) is 13.8 Å². The number of aromatic carboxylic acids is 1. The quantitative estimate of drug-likeness (QED) is 0.842. The molecule has 1 aromatic heterocycles. The van der Waals surface area contributed by atoms with Crippen LogP contribution in [0, 0.1) is 11.7 Å². The van der Waals surface area contributed by atoms with E-state index in [2.05, 4.69) is 0 Å². The molecule has 1 saturated carbocycles. The summed E-state index contributed by atoms with van der Waals surface area (Å²) in [7, 11) is 0. The Morgan fingerprint density at radius 3 is 2.61 bits per heavy atom. The van der Waals surface area contributed by atoms with Crippen molar-refractivity contribution in [1.82, 2.24) is 4.57 Å². The Bertz CT molecular complexity index is 1010. The largest absolute Gasteiger partial charge is 0.477 e. The molecular weight excluding hydrogens is 363 g/mol. The van der Waals surface area contributed by atoms with E-state index in [1.165, 1.54) is 12.3 Å². The number of rotatable bonds is 4. The number of nitrogens with zero attached hydrogens (tertiary/aromatic N) is 2. The maximum Gasteiger partial charge on any atom is 0.341 e. The van der Waals surface area contributed by atoms with Gasteiger partial charge < -0.3 is 19.7 Å². The lowest BCUT2D eigenvalue weighted by Crippen LogP contribution is -2.42. The number of aliphatic hydroxyl groups excluding tert-OH is 1. The lowest BCUT2D eigenvalue weighted by Gasteiger charge is -2.37. The van der Waals surface area contributed by atoms with Crippen molar-refractivity contribution in [2.24, 2.45) is 5.92 Å². The van der Waals surface area contributed by atoms with Crippen molar-refractivity contribution in [2.45, 2.75) is 51.7 Å². The van der Waals surface area contributed by atoms with Crippen LogP contribution < -0.4 is 10.3 Å². The number of anilines is 1. The van der Waals surface area contributed by atoms with Gasteiger partial charge in [0.1, 0.15) is 11.4 Å². The third-order valence-corrected chi connectivity index (χ3v) is 6.04. The molecule has 1 aliphatic carbocycles. The van der Waals surface area contributed by atoms with Crippen LogP contribution in [0.15, 0.2) is 17.1 Å². The van der Waals surface area contributed by atoms with Crippen molar-refractivity contribution in [3.8, 4) is 0 Å². The second-order valence-corrected chi connectivity index (χ2v) is 8.03. The highest BCUT2D eigenvalue weighted by Crippen LogP contribution is 2.41. The number of hydrogen-bond donors (Lipinski definition) is 2. The molecule has 6 nitrogen and oxygen atoms in total. The monoisotopic (exact) mass is 388 g/mol. The summed E-state index contributed by atoms with van der Waals surface area (Å²) in [6, 6.07) is 1.35. The van der Waals surface area contributed by atoms with Crippen LogP contribution in [-0.2, 0) is 6.42 Å². The van der Waals surface area contributed by atoms with Crippen molar-refractivity contribution in [3.63, 3.8) is 0 Å². The average molecular weight is 388 g/mol. The van der Waals surface area contributed by atoms with Crippen LogP contribution in [0.25, 0.3) is 10.9 Å². The van der Waals surface area contributed by atoms with Crippen LogP contribution in [0.5, 0.6) is 0 Å². The second-order valence-electron chi connectivity index (χ2n) is 8.03. The Morgan fingerprint density at radius 2 is 2.04 bits per heavy atom. The zero-order chi connectivity index (χ0) is 20.2. The van der Waals surface area contributed by atoms with E-state index >= 15 is 4.39 Å². The molecule has 2 atom stereocenters. The molecule has 2 aromatic rings. The molecule has 0 spiro atoms. The molecule has 0 radical (unpaired) electrons. The normalized spacial score (nSPS) is 22.6. The van der Waals surface area contributed by atoms with Crippen molar-refractivity contribution < 1.29 is 19.4 Å². The number of hydrogen-bond acceptors (Lipinski definition) is 4. The summed E-state index contributed by atoms with van der Waals surface area (Å²) in [5.74, 6) is -1.77. The Kier molecular flexibility index (Phi) is 4.65. The molecule has 0 amide bonds. The SMILES string of the molecule is CCc1c(N2CC[C@H](O)[C@H](C)C2)c(F)cc2c(=O)c(C(=O)O)cn(C3CC3)c12. The number of halogens is 1. The summed E-state index contributed by atoms with van der Waals surface area (Å²) in [6.07, 6.45) is 3.95. The van der Waals surface area contributed by atoms with E-state index in [1.54, 1.807) is 0 Å². The van der Waals surface area contributed by atoms with Gasteiger partial charge in [0, 0.05) is 36.3 Å². The predicted molar refractivity (Wildman–Crippen MR) is 105 cm³/mol. The number of aryl methyl sites for hydroxylation is 1. The fraction of sp³-hybridized carbons (Fsp3) is 0.524. The van der Waals surface area contributed by atoms with E-state index in [9.17, 15) is 19.8 Å². The van der Waals surface area contributed by atoms with Gasteiger partial charge in [-0.05, 0) is 37.7 Å². The summed E-state index contributed by atoms with van der Waals surface area (Å²) < 4.78 is 17.1. The Morgan fingerprint density at radius 1 is 1.32 bits per heavy atom. The van der Waals surface area contributed by atoms with Crippen LogP contribution in [0.1, 0.15) is 55.1 Å². The highest BCUT2D eigenvalue weighted by Gasteiger charge is 2.32. The minimum absolute atomic E-state index is 0.0218. The van der Waals surface area contributed by atoms with Gasteiger partial charge in [0.25, 0.3) is 0 Å². The van der Waals surface area contributed by atoms with Gasteiger partial charge in [-0.25, -0.2) is 9.18 Å². The smallest absolute Gasteiger partial charge is 0.341 e. The molecule has 150 valence electrons. The van der Waals surface area contributed by atoms with Crippen molar-refractivity contribution in [2.75, 3.05) is 18.0 Å². The first-order valence-corrected chi connectivity index (χ1v) is 9.90. The molecular formula is C21H25FN2O4. The number of benzene rings is 1. The van der Waals surface area contributed by atoms with E-state index < -0.39 is 23.3 Å². The molecule has 1 saturated heterocycles. The summed E-state index contributed by atoms with van der Waals surface area (Å²) >= 11 is 0. The number of carbonyl (C=O) groups is 1. The number of piperidine rings is 1. The van der Waals surface area contributed by atoms with Crippen LogP contribution in [0.4, 0.5) is 10.1 Å². The molecule has 0 unspecified atom stereocenters. The minimum Gasteiger partial charge on any atom is -0.477 e. The highest BCUT2D eigenvalue weighted by atomic mass is 19.1. The van der Waals surface area contributed by atoms with Crippen LogP contribution in [0.3, 0.4) is 0 Å². The number of fused-ring (bicyclic) bond motifs is 1. The van der Waals surface area contributed by atoms with Crippen molar-refractivity contribution >= 4 is 22.6 Å². The molecule has 1 aromatic carbocycles. The Balaban J connectivity index is 1.99. The summed E-state index contributed by atoms with van der Waals surface area (Å²) in [5.41, 5.74) is 0.908. The maximum absolute atomic E-state index is 15.2. The van der Waals surface area contributed by atoms with E-state index in [1.807, 2.05) is 23.3 Å². The fourth-order valence-corrected chi connectivity index (χ4v) is 4.36. The van der Waals surface area contributed by atoms with E-state index in [0.29, 0.717) is 37.1 Å². The Labute approximate surface area is 162 Å². The molecule has 2 aliphatic rings. The number of aromatic nitrogens is 1.